The lowest BCUT2D eigenvalue weighted by molar-refractivity contribution is -0.133. The molecule has 2 aromatic rings. The SMILES string of the molecule is Cc1ccccc1OC(=O)CNC(=O)c1ccc(=O)[nH]n1. The average molecular weight is 287 g/mol. The summed E-state index contributed by atoms with van der Waals surface area (Å²) in [7, 11) is 0. The maximum atomic E-state index is 11.7. The summed E-state index contributed by atoms with van der Waals surface area (Å²) in [5.74, 6) is -0.728. The van der Waals surface area contributed by atoms with E-state index in [9.17, 15) is 14.4 Å². The number of hydrogen-bond donors (Lipinski definition) is 2. The van der Waals surface area contributed by atoms with Gasteiger partial charge in [-0.25, -0.2) is 9.89 Å². The van der Waals surface area contributed by atoms with Crippen LogP contribution < -0.4 is 15.6 Å². The van der Waals surface area contributed by atoms with Crippen LogP contribution in [-0.2, 0) is 4.79 Å². The zero-order chi connectivity index (χ0) is 15.2. The number of aryl methyl sites for hydroxylation is 1. The smallest absolute Gasteiger partial charge is 0.330 e. The Labute approximate surface area is 120 Å². The van der Waals surface area contributed by atoms with Gasteiger partial charge < -0.3 is 10.1 Å². The molecule has 1 aromatic carbocycles. The van der Waals surface area contributed by atoms with E-state index in [1.165, 1.54) is 12.1 Å². The van der Waals surface area contributed by atoms with Crippen LogP contribution in [0, 0.1) is 6.92 Å². The minimum Gasteiger partial charge on any atom is -0.425 e. The molecule has 21 heavy (non-hydrogen) atoms. The molecule has 108 valence electrons. The fourth-order valence-electron chi connectivity index (χ4n) is 1.54. The van der Waals surface area contributed by atoms with Crippen molar-refractivity contribution < 1.29 is 14.3 Å². The van der Waals surface area contributed by atoms with E-state index in [1.54, 1.807) is 12.1 Å². The molecule has 0 saturated carbocycles. The summed E-state index contributed by atoms with van der Waals surface area (Å²) in [5, 5.41) is 8.05. The van der Waals surface area contributed by atoms with Crippen molar-refractivity contribution in [3.63, 3.8) is 0 Å². The van der Waals surface area contributed by atoms with E-state index in [0.717, 1.165) is 5.56 Å². The van der Waals surface area contributed by atoms with Crippen LogP contribution in [0.5, 0.6) is 5.75 Å². The van der Waals surface area contributed by atoms with Crippen LogP contribution in [0.2, 0.25) is 0 Å². The molecule has 2 N–H and O–H groups in total. The zero-order valence-electron chi connectivity index (χ0n) is 11.3. The third-order valence-corrected chi connectivity index (χ3v) is 2.62. The minimum absolute atomic E-state index is 0.0123. The predicted molar refractivity (Wildman–Crippen MR) is 74.0 cm³/mol. The number of carbonyl (C=O) groups is 2. The summed E-state index contributed by atoms with van der Waals surface area (Å²) in [6.45, 7) is 1.51. The van der Waals surface area contributed by atoms with E-state index >= 15 is 0 Å². The van der Waals surface area contributed by atoms with E-state index in [0.29, 0.717) is 5.75 Å². The first kappa shape index (κ1) is 14.4. The normalized spacial score (nSPS) is 9.95. The van der Waals surface area contributed by atoms with Crippen molar-refractivity contribution in [2.45, 2.75) is 6.92 Å². The largest absolute Gasteiger partial charge is 0.425 e. The number of aromatic nitrogens is 2. The van der Waals surface area contributed by atoms with Crippen molar-refractivity contribution in [1.29, 1.82) is 0 Å². The van der Waals surface area contributed by atoms with Crippen molar-refractivity contribution in [2.75, 3.05) is 6.54 Å². The number of carbonyl (C=O) groups excluding carboxylic acids is 2. The highest BCUT2D eigenvalue weighted by Gasteiger charge is 2.11. The van der Waals surface area contributed by atoms with Gasteiger partial charge in [0.2, 0.25) is 0 Å². The quantitative estimate of drug-likeness (QED) is 0.626. The molecule has 7 nitrogen and oxygen atoms in total. The van der Waals surface area contributed by atoms with E-state index in [-0.39, 0.29) is 12.2 Å². The van der Waals surface area contributed by atoms with Gasteiger partial charge in [0.1, 0.15) is 18.0 Å². The molecule has 1 aromatic heterocycles. The number of rotatable bonds is 4. The Bertz CT molecular complexity index is 704. The van der Waals surface area contributed by atoms with E-state index < -0.39 is 17.4 Å². The van der Waals surface area contributed by atoms with Crippen LogP contribution in [0.3, 0.4) is 0 Å². The number of amides is 1. The average Bonchev–Trinajstić information content (AvgIpc) is 2.48. The first-order chi connectivity index (χ1) is 10.1. The number of benzene rings is 1. The molecule has 0 bridgehead atoms. The summed E-state index contributed by atoms with van der Waals surface area (Å²) >= 11 is 0. The van der Waals surface area contributed by atoms with Crippen LogP contribution in [0.15, 0.2) is 41.2 Å². The van der Waals surface area contributed by atoms with Gasteiger partial charge in [-0.1, -0.05) is 18.2 Å². The van der Waals surface area contributed by atoms with Gasteiger partial charge in [-0.2, -0.15) is 5.10 Å². The van der Waals surface area contributed by atoms with Crippen LogP contribution in [0.25, 0.3) is 0 Å². The summed E-state index contributed by atoms with van der Waals surface area (Å²) < 4.78 is 5.12. The predicted octanol–water partition coefficient (Wildman–Crippen LogP) is 0.414. The molecule has 0 unspecified atom stereocenters. The number of H-pyrrole nitrogens is 1. The topological polar surface area (TPSA) is 101 Å². The minimum atomic E-state index is -0.595. The maximum Gasteiger partial charge on any atom is 0.330 e. The highest BCUT2D eigenvalue weighted by Crippen LogP contribution is 2.15. The Morgan fingerprint density at radius 1 is 1.24 bits per heavy atom. The molecule has 2 rings (SSSR count). The standard InChI is InChI=1S/C14H13N3O4/c1-9-4-2-3-5-11(9)21-13(19)8-15-14(20)10-6-7-12(18)17-16-10/h2-7H,8H2,1H3,(H,15,20)(H,17,18). The third-order valence-electron chi connectivity index (χ3n) is 2.62. The van der Waals surface area contributed by atoms with Gasteiger partial charge in [0.25, 0.3) is 11.5 Å². The van der Waals surface area contributed by atoms with E-state index in [4.69, 9.17) is 4.74 Å². The highest BCUT2D eigenvalue weighted by atomic mass is 16.5. The van der Waals surface area contributed by atoms with E-state index in [1.807, 2.05) is 19.1 Å². The molecule has 0 saturated heterocycles. The molecule has 0 aliphatic heterocycles. The molecular formula is C14H13N3O4. The number of aromatic amines is 1. The van der Waals surface area contributed by atoms with Crippen molar-refractivity contribution in [3.05, 3.63) is 58.0 Å². The lowest BCUT2D eigenvalue weighted by Crippen LogP contribution is -2.33. The fourth-order valence-corrected chi connectivity index (χ4v) is 1.54. The Hall–Kier alpha value is -2.96. The number of para-hydroxylation sites is 1. The number of nitrogens with zero attached hydrogens (tertiary/aromatic N) is 1. The van der Waals surface area contributed by atoms with Gasteiger partial charge in [-0.05, 0) is 24.6 Å². The van der Waals surface area contributed by atoms with E-state index in [2.05, 4.69) is 15.5 Å². The molecule has 0 atom stereocenters. The number of esters is 1. The summed E-state index contributed by atoms with van der Waals surface area (Å²) in [4.78, 5) is 34.1. The lowest BCUT2D eigenvalue weighted by atomic mass is 10.2. The van der Waals surface area contributed by atoms with Crippen LogP contribution in [0.4, 0.5) is 0 Å². The van der Waals surface area contributed by atoms with Crippen LogP contribution in [0.1, 0.15) is 16.1 Å². The lowest BCUT2D eigenvalue weighted by Gasteiger charge is -2.07. The first-order valence-corrected chi connectivity index (χ1v) is 6.16. The molecule has 1 amide bonds. The number of ether oxygens (including phenoxy) is 1. The Balaban J connectivity index is 1.89. The highest BCUT2D eigenvalue weighted by molar-refractivity contribution is 5.94. The zero-order valence-corrected chi connectivity index (χ0v) is 11.3. The molecule has 0 fully saturated rings. The Kier molecular flexibility index (Phi) is 4.45. The van der Waals surface area contributed by atoms with Gasteiger partial charge in [-0.3, -0.25) is 9.59 Å². The molecule has 0 spiro atoms. The van der Waals surface area contributed by atoms with Gasteiger partial charge in [0.15, 0.2) is 0 Å². The summed E-state index contributed by atoms with van der Waals surface area (Å²) in [6.07, 6.45) is 0. The Morgan fingerprint density at radius 2 is 2.00 bits per heavy atom. The number of nitrogens with one attached hydrogen (secondary N) is 2. The molecule has 7 heteroatoms. The van der Waals surface area contributed by atoms with Crippen molar-refractivity contribution in [3.8, 4) is 5.75 Å². The van der Waals surface area contributed by atoms with Crippen molar-refractivity contribution in [2.24, 2.45) is 0 Å². The van der Waals surface area contributed by atoms with Gasteiger partial charge >= 0.3 is 5.97 Å². The third kappa shape index (κ3) is 4.00. The van der Waals surface area contributed by atoms with Gasteiger partial charge in [0, 0.05) is 6.07 Å². The second kappa shape index (κ2) is 6.47. The molecule has 0 radical (unpaired) electrons. The summed E-state index contributed by atoms with van der Waals surface area (Å²) in [5.41, 5.74) is 0.420. The van der Waals surface area contributed by atoms with Gasteiger partial charge in [-0.15, -0.1) is 0 Å². The van der Waals surface area contributed by atoms with Crippen molar-refractivity contribution >= 4 is 11.9 Å². The molecule has 0 aliphatic carbocycles. The van der Waals surface area contributed by atoms with Crippen molar-refractivity contribution in [1.82, 2.24) is 15.5 Å². The molecular weight excluding hydrogens is 274 g/mol. The fraction of sp³-hybridized carbons (Fsp3) is 0.143. The van der Waals surface area contributed by atoms with Crippen LogP contribution >= 0.6 is 0 Å². The maximum absolute atomic E-state index is 11.7. The summed E-state index contributed by atoms with van der Waals surface area (Å²) in [6, 6.07) is 9.49. The van der Waals surface area contributed by atoms with Crippen LogP contribution in [-0.4, -0.2) is 28.6 Å². The molecule has 0 aliphatic rings. The molecule has 1 heterocycles. The van der Waals surface area contributed by atoms with Gasteiger partial charge in [0.05, 0.1) is 0 Å². The monoisotopic (exact) mass is 287 g/mol. The first-order valence-electron chi connectivity index (χ1n) is 6.16. The second-order valence-electron chi connectivity index (χ2n) is 4.23. The Morgan fingerprint density at radius 3 is 2.67 bits per heavy atom. The number of hydrogen-bond acceptors (Lipinski definition) is 5. The second-order valence-corrected chi connectivity index (χ2v) is 4.23.